The molecule has 0 fully saturated rings. The molecule has 0 aliphatic carbocycles. The number of para-hydroxylation sites is 2. The van der Waals surface area contributed by atoms with Crippen LogP contribution in [0.4, 0.5) is 11.4 Å². The fourth-order valence-electron chi connectivity index (χ4n) is 2.74. The summed E-state index contributed by atoms with van der Waals surface area (Å²) >= 11 is 5.98. The lowest BCUT2D eigenvalue weighted by Gasteiger charge is -2.34. The van der Waals surface area contributed by atoms with Crippen molar-refractivity contribution in [1.29, 1.82) is 0 Å². The fraction of sp³-hybridized carbons (Fsp3) is 0.278. The lowest BCUT2D eigenvalue weighted by Crippen LogP contribution is -2.48. The lowest BCUT2D eigenvalue weighted by atomic mass is 10.2. The van der Waals surface area contributed by atoms with Gasteiger partial charge in [0.25, 0.3) is 5.91 Å². The number of carbonyl (C=O) groups excluding carboxylic acids is 1. The number of ether oxygens (including phenoxy) is 2. The topological polar surface area (TPSA) is 84.9 Å². The van der Waals surface area contributed by atoms with Crippen LogP contribution in [0.2, 0.25) is 5.02 Å². The summed E-state index contributed by atoms with van der Waals surface area (Å²) in [6.45, 7) is 2.13. The molecule has 0 saturated carbocycles. The van der Waals surface area contributed by atoms with Gasteiger partial charge in [-0.1, -0.05) is 23.7 Å². The molecule has 0 saturated heterocycles. The number of anilines is 2. The van der Waals surface area contributed by atoms with Gasteiger partial charge >= 0.3 is 0 Å². The number of amides is 1. The number of nitrogens with zero attached hydrogens (tertiary/aromatic N) is 1. The number of sulfonamides is 1. The highest BCUT2D eigenvalue weighted by Gasteiger charge is 2.35. The van der Waals surface area contributed by atoms with Crippen LogP contribution in [0.25, 0.3) is 0 Å². The van der Waals surface area contributed by atoms with Gasteiger partial charge in [-0.25, -0.2) is 8.42 Å². The van der Waals surface area contributed by atoms with E-state index >= 15 is 0 Å². The van der Waals surface area contributed by atoms with E-state index in [0.29, 0.717) is 28.8 Å². The van der Waals surface area contributed by atoms with Gasteiger partial charge in [0, 0.05) is 5.02 Å². The van der Waals surface area contributed by atoms with Crippen LogP contribution in [0.5, 0.6) is 11.5 Å². The largest absolute Gasteiger partial charge is 0.492 e. The first-order valence-electron chi connectivity index (χ1n) is 8.26. The van der Waals surface area contributed by atoms with Crippen molar-refractivity contribution in [1.82, 2.24) is 0 Å². The molecule has 144 valence electrons. The van der Waals surface area contributed by atoms with Crippen LogP contribution < -0.4 is 19.1 Å². The van der Waals surface area contributed by atoms with Crippen molar-refractivity contribution in [3.05, 3.63) is 47.5 Å². The number of benzene rings is 2. The average molecular weight is 411 g/mol. The number of halogens is 1. The molecule has 1 aliphatic rings. The third kappa shape index (κ3) is 4.28. The van der Waals surface area contributed by atoms with Gasteiger partial charge in [0.15, 0.2) is 6.10 Å². The Balaban J connectivity index is 1.88. The van der Waals surface area contributed by atoms with Crippen LogP contribution in [0.1, 0.15) is 6.92 Å². The van der Waals surface area contributed by atoms with Crippen LogP contribution >= 0.6 is 11.6 Å². The van der Waals surface area contributed by atoms with Crippen LogP contribution in [0.15, 0.2) is 42.5 Å². The molecular weight excluding hydrogens is 392 g/mol. The molecular formula is C18H19ClN2O5S. The molecule has 7 nitrogen and oxygen atoms in total. The minimum Gasteiger partial charge on any atom is -0.492 e. The molecule has 1 atom stereocenters. The first-order valence-corrected chi connectivity index (χ1v) is 10.5. The molecule has 2 aromatic rings. The van der Waals surface area contributed by atoms with Crippen molar-refractivity contribution in [3.8, 4) is 11.5 Å². The predicted octanol–water partition coefficient (Wildman–Crippen LogP) is 2.90. The standard InChI is InChI=1S/C18H19ClN2O5S/c1-3-25-15-7-5-4-6-13(15)20-18(22)17-11-21(27(2,23)24)14-10-12(19)8-9-16(14)26-17/h4-10,17H,3,11H2,1-2H3,(H,20,22)/t17-/m1/s1. The zero-order valence-electron chi connectivity index (χ0n) is 14.8. The van der Waals surface area contributed by atoms with E-state index < -0.39 is 22.0 Å². The third-order valence-corrected chi connectivity index (χ3v) is 5.31. The van der Waals surface area contributed by atoms with Crippen LogP contribution in [-0.4, -0.2) is 39.8 Å². The van der Waals surface area contributed by atoms with Gasteiger partial charge in [0.05, 0.1) is 30.8 Å². The van der Waals surface area contributed by atoms with Crippen LogP contribution in [0.3, 0.4) is 0 Å². The van der Waals surface area contributed by atoms with Crippen molar-refractivity contribution >= 4 is 38.9 Å². The molecule has 1 aliphatic heterocycles. The van der Waals surface area contributed by atoms with Crippen LogP contribution in [0, 0.1) is 0 Å². The zero-order chi connectivity index (χ0) is 19.6. The van der Waals surface area contributed by atoms with Crippen molar-refractivity contribution in [2.24, 2.45) is 0 Å². The summed E-state index contributed by atoms with van der Waals surface area (Å²) in [5.41, 5.74) is 0.796. The highest BCUT2D eigenvalue weighted by atomic mass is 35.5. The van der Waals surface area contributed by atoms with E-state index in [4.69, 9.17) is 21.1 Å². The Kier molecular flexibility index (Phi) is 5.48. The molecule has 0 spiro atoms. The SMILES string of the molecule is CCOc1ccccc1NC(=O)[C@H]1CN(S(C)(=O)=O)c2cc(Cl)ccc2O1. The molecule has 9 heteroatoms. The highest BCUT2D eigenvalue weighted by molar-refractivity contribution is 7.92. The Morgan fingerprint density at radius 1 is 1.33 bits per heavy atom. The summed E-state index contributed by atoms with van der Waals surface area (Å²) in [4.78, 5) is 12.7. The summed E-state index contributed by atoms with van der Waals surface area (Å²) < 4.78 is 36.7. The number of nitrogens with one attached hydrogen (secondary N) is 1. The van der Waals surface area contributed by atoms with Crippen LogP contribution in [-0.2, 0) is 14.8 Å². The van der Waals surface area contributed by atoms with Gasteiger partial charge in [-0.05, 0) is 37.3 Å². The first kappa shape index (κ1) is 19.3. The Labute approximate surface area is 162 Å². The van der Waals surface area contributed by atoms with Gasteiger partial charge < -0.3 is 14.8 Å². The van der Waals surface area contributed by atoms with E-state index in [2.05, 4.69) is 5.32 Å². The normalized spacial score (nSPS) is 16.3. The maximum absolute atomic E-state index is 12.7. The molecule has 3 rings (SSSR count). The van der Waals surface area contributed by atoms with E-state index in [1.165, 1.54) is 6.07 Å². The maximum atomic E-state index is 12.7. The van der Waals surface area contributed by atoms with Crippen molar-refractivity contribution in [2.45, 2.75) is 13.0 Å². The third-order valence-electron chi connectivity index (χ3n) is 3.93. The first-order chi connectivity index (χ1) is 12.8. The van der Waals surface area contributed by atoms with Crippen molar-refractivity contribution in [2.75, 3.05) is 29.0 Å². The molecule has 1 N–H and O–H groups in total. The van der Waals surface area contributed by atoms with Crippen molar-refractivity contribution < 1.29 is 22.7 Å². The number of rotatable bonds is 5. The van der Waals surface area contributed by atoms with E-state index in [9.17, 15) is 13.2 Å². The molecule has 1 heterocycles. The summed E-state index contributed by atoms with van der Waals surface area (Å²) in [5, 5.41) is 3.12. The summed E-state index contributed by atoms with van der Waals surface area (Å²) in [6, 6.07) is 11.6. The molecule has 0 unspecified atom stereocenters. The van der Waals surface area contributed by atoms with Gasteiger partial charge in [0.1, 0.15) is 11.5 Å². The molecule has 0 aromatic heterocycles. The Morgan fingerprint density at radius 2 is 2.07 bits per heavy atom. The lowest BCUT2D eigenvalue weighted by molar-refractivity contribution is -0.122. The molecule has 0 bridgehead atoms. The molecule has 2 aromatic carbocycles. The number of hydrogen-bond donors (Lipinski definition) is 1. The maximum Gasteiger partial charge on any atom is 0.267 e. The second kappa shape index (κ2) is 7.66. The van der Waals surface area contributed by atoms with Gasteiger partial charge in [-0.15, -0.1) is 0 Å². The van der Waals surface area contributed by atoms with E-state index in [1.807, 2.05) is 6.92 Å². The Hall–Kier alpha value is -2.45. The summed E-state index contributed by atoms with van der Waals surface area (Å²) in [7, 11) is -3.62. The highest BCUT2D eigenvalue weighted by Crippen LogP contribution is 2.37. The minimum absolute atomic E-state index is 0.158. The molecule has 27 heavy (non-hydrogen) atoms. The monoisotopic (exact) mass is 410 g/mol. The van der Waals surface area contributed by atoms with E-state index in [-0.39, 0.29) is 12.3 Å². The summed E-state index contributed by atoms with van der Waals surface area (Å²) in [5.74, 6) is 0.321. The van der Waals surface area contributed by atoms with Gasteiger partial charge in [-0.2, -0.15) is 0 Å². The average Bonchev–Trinajstić information content (AvgIpc) is 2.61. The number of fused-ring (bicyclic) bond motifs is 1. The number of carbonyl (C=O) groups is 1. The molecule has 1 amide bonds. The van der Waals surface area contributed by atoms with Gasteiger partial charge in [0.2, 0.25) is 10.0 Å². The van der Waals surface area contributed by atoms with E-state index in [1.54, 1.807) is 36.4 Å². The smallest absolute Gasteiger partial charge is 0.267 e. The number of hydrogen-bond acceptors (Lipinski definition) is 5. The Morgan fingerprint density at radius 3 is 2.78 bits per heavy atom. The second-order valence-electron chi connectivity index (χ2n) is 5.93. The van der Waals surface area contributed by atoms with Gasteiger partial charge in [-0.3, -0.25) is 9.10 Å². The second-order valence-corrected chi connectivity index (χ2v) is 8.27. The quantitative estimate of drug-likeness (QED) is 0.819. The fourth-order valence-corrected chi connectivity index (χ4v) is 3.81. The predicted molar refractivity (Wildman–Crippen MR) is 104 cm³/mol. The van der Waals surface area contributed by atoms with Crippen molar-refractivity contribution in [3.63, 3.8) is 0 Å². The summed E-state index contributed by atoms with van der Waals surface area (Å²) in [6.07, 6.45) is 0.0469. The molecule has 0 radical (unpaired) electrons. The zero-order valence-corrected chi connectivity index (χ0v) is 16.4. The minimum atomic E-state index is -3.62. The Bertz CT molecular complexity index is 964. The van der Waals surface area contributed by atoms with E-state index in [0.717, 1.165) is 10.6 Å².